The number of nitrogens with two attached hydrogens (primary N) is 1. The van der Waals surface area contributed by atoms with Crippen LogP contribution in [0, 0.1) is 0 Å². The van der Waals surface area contributed by atoms with Gasteiger partial charge < -0.3 is 15.8 Å². The van der Waals surface area contributed by atoms with Gasteiger partial charge in [-0.15, -0.1) is 0 Å². The summed E-state index contributed by atoms with van der Waals surface area (Å²) in [5.41, 5.74) is 5.84. The molecule has 0 bridgehead atoms. The van der Waals surface area contributed by atoms with Gasteiger partial charge in [0.15, 0.2) is 0 Å². The van der Waals surface area contributed by atoms with Crippen LogP contribution in [-0.2, 0) is 9.53 Å². The van der Waals surface area contributed by atoms with E-state index in [1.807, 2.05) is 0 Å². The number of methoxy groups -OCH3 is 1. The minimum absolute atomic E-state index is 0.0421. The van der Waals surface area contributed by atoms with E-state index in [9.17, 15) is 4.79 Å². The predicted molar refractivity (Wildman–Crippen MR) is 47.0 cm³/mol. The van der Waals surface area contributed by atoms with Crippen molar-refractivity contribution >= 4 is 17.6 Å². The fourth-order valence-electron chi connectivity index (χ4n) is 0.653. The highest BCUT2D eigenvalue weighted by atomic mass is 16.5. The second kappa shape index (κ2) is 4.24. The second-order valence-corrected chi connectivity index (χ2v) is 2.27. The van der Waals surface area contributed by atoms with Crippen LogP contribution in [0.3, 0.4) is 0 Å². The van der Waals surface area contributed by atoms with Gasteiger partial charge in [-0.3, -0.25) is 4.79 Å². The molecule has 0 saturated carbocycles. The lowest BCUT2D eigenvalue weighted by atomic mass is 10.5. The molecule has 0 atom stereocenters. The first kappa shape index (κ1) is 9.24. The number of ether oxygens (including phenoxy) is 1. The molecule has 6 nitrogen and oxygen atoms in total. The maximum Gasteiger partial charge on any atom is 0.325 e. The lowest BCUT2D eigenvalue weighted by molar-refractivity contribution is -0.138. The lowest BCUT2D eigenvalue weighted by Gasteiger charge is -2.02. The summed E-state index contributed by atoms with van der Waals surface area (Å²) in [7, 11) is 1.31. The highest BCUT2D eigenvalue weighted by Gasteiger charge is 2.00. The standard InChI is InChI=1S/C7H10N4O2/c1-13-6(12)4-11-7-9-2-5(8)3-10-7/h2-3H,4,8H2,1H3,(H,9,10,11). The molecule has 0 fully saturated rings. The van der Waals surface area contributed by atoms with Crippen LogP contribution in [0.2, 0.25) is 0 Å². The molecule has 0 saturated heterocycles. The first-order valence-corrected chi connectivity index (χ1v) is 3.60. The third-order valence-electron chi connectivity index (χ3n) is 1.29. The highest BCUT2D eigenvalue weighted by molar-refractivity contribution is 5.73. The number of esters is 1. The van der Waals surface area contributed by atoms with Crippen molar-refractivity contribution in [1.82, 2.24) is 9.97 Å². The molecule has 6 heteroatoms. The Hall–Kier alpha value is -1.85. The number of nitrogen functional groups attached to an aromatic ring is 1. The van der Waals surface area contributed by atoms with Gasteiger partial charge in [-0.2, -0.15) is 0 Å². The van der Waals surface area contributed by atoms with Crippen molar-refractivity contribution in [2.75, 3.05) is 24.7 Å². The molecule has 0 radical (unpaired) electrons. The van der Waals surface area contributed by atoms with E-state index < -0.39 is 0 Å². The van der Waals surface area contributed by atoms with Gasteiger partial charge in [0.25, 0.3) is 0 Å². The van der Waals surface area contributed by atoms with Gasteiger partial charge in [-0.1, -0.05) is 0 Å². The Kier molecular flexibility index (Phi) is 3.02. The summed E-state index contributed by atoms with van der Waals surface area (Å²) in [5.74, 6) is -0.0278. The van der Waals surface area contributed by atoms with E-state index in [1.165, 1.54) is 19.5 Å². The molecule has 1 heterocycles. The van der Waals surface area contributed by atoms with Crippen molar-refractivity contribution in [3.63, 3.8) is 0 Å². The number of anilines is 2. The Morgan fingerprint density at radius 1 is 1.62 bits per heavy atom. The molecule has 1 aromatic heterocycles. The fourth-order valence-corrected chi connectivity index (χ4v) is 0.653. The van der Waals surface area contributed by atoms with Gasteiger partial charge >= 0.3 is 5.97 Å². The zero-order valence-corrected chi connectivity index (χ0v) is 7.15. The SMILES string of the molecule is COC(=O)CNc1ncc(N)cn1. The Labute approximate surface area is 75.1 Å². The minimum Gasteiger partial charge on any atom is -0.468 e. The van der Waals surface area contributed by atoms with Gasteiger partial charge in [0.2, 0.25) is 5.95 Å². The summed E-state index contributed by atoms with van der Waals surface area (Å²) in [6.07, 6.45) is 2.90. The molecule has 0 aliphatic heterocycles. The van der Waals surface area contributed by atoms with Crippen molar-refractivity contribution in [2.24, 2.45) is 0 Å². The Bertz CT molecular complexity index is 285. The molecule has 70 valence electrons. The van der Waals surface area contributed by atoms with E-state index >= 15 is 0 Å². The summed E-state index contributed by atoms with van der Waals surface area (Å²) in [4.78, 5) is 18.3. The quantitative estimate of drug-likeness (QED) is 0.620. The van der Waals surface area contributed by atoms with E-state index in [0.717, 1.165) is 0 Å². The summed E-state index contributed by atoms with van der Waals surface area (Å²) in [5, 5.41) is 2.67. The van der Waals surface area contributed by atoms with Crippen LogP contribution in [0.25, 0.3) is 0 Å². The second-order valence-electron chi connectivity index (χ2n) is 2.27. The van der Waals surface area contributed by atoms with Crippen LogP contribution in [0.1, 0.15) is 0 Å². The van der Waals surface area contributed by atoms with Crippen LogP contribution in [-0.4, -0.2) is 29.6 Å². The van der Waals surface area contributed by atoms with E-state index in [1.54, 1.807) is 0 Å². The number of aromatic nitrogens is 2. The number of nitrogens with zero attached hydrogens (tertiary/aromatic N) is 2. The van der Waals surface area contributed by atoms with E-state index in [2.05, 4.69) is 20.0 Å². The van der Waals surface area contributed by atoms with Crippen molar-refractivity contribution in [1.29, 1.82) is 0 Å². The Balaban J connectivity index is 2.46. The summed E-state index contributed by atoms with van der Waals surface area (Å²) < 4.78 is 4.41. The first-order valence-electron chi connectivity index (χ1n) is 3.60. The molecule has 3 N–H and O–H groups in total. The summed E-state index contributed by atoms with van der Waals surface area (Å²) in [6, 6.07) is 0. The van der Waals surface area contributed by atoms with Gasteiger partial charge in [-0.25, -0.2) is 9.97 Å². The molecule has 0 unspecified atom stereocenters. The Morgan fingerprint density at radius 2 is 2.23 bits per heavy atom. The molecule has 0 amide bonds. The average molecular weight is 182 g/mol. The third kappa shape index (κ3) is 2.94. The number of carbonyl (C=O) groups is 1. The maximum absolute atomic E-state index is 10.7. The van der Waals surface area contributed by atoms with E-state index in [0.29, 0.717) is 11.6 Å². The van der Waals surface area contributed by atoms with Crippen molar-refractivity contribution in [3.8, 4) is 0 Å². The topological polar surface area (TPSA) is 90.1 Å². The molecule has 13 heavy (non-hydrogen) atoms. The largest absolute Gasteiger partial charge is 0.468 e. The average Bonchev–Trinajstić information content (AvgIpc) is 2.16. The highest BCUT2D eigenvalue weighted by Crippen LogP contribution is 1.99. The van der Waals surface area contributed by atoms with Crippen molar-refractivity contribution < 1.29 is 9.53 Å². The number of hydrogen-bond donors (Lipinski definition) is 2. The zero-order valence-electron chi connectivity index (χ0n) is 7.15. The van der Waals surface area contributed by atoms with Crippen molar-refractivity contribution in [2.45, 2.75) is 0 Å². The number of nitrogens with one attached hydrogen (secondary N) is 1. The summed E-state index contributed by atoms with van der Waals surface area (Å²) in [6.45, 7) is 0.0421. The molecular formula is C7H10N4O2. The number of rotatable bonds is 3. The van der Waals surface area contributed by atoms with Gasteiger partial charge in [0.1, 0.15) is 6.54 Å². The molecule has 1 rings (SSSR count). The van der Waals surface area contributed by atoms with Crippen LogP contribution in [0.4, 0.5) is 11.6 Å². The molecule has 0 aliphatic rings. The number of carbonyl (C=O) groups excluding carboxylic acids is 1. The van der Waals surface area contributed by atoms with Crippen LogP contribution in [0.15, 0.2) is 12.4 Å². The van der Waals surface area contributed by atoms with Crippen LogP contribution in [0.5, 0.6) is 0 Å². The first-order chi connectivity index (χ1) is 6.22. The predicted octanol–water partition coefficient (Wildman–Crippen LogP) is -0.356. The van der Waals surface area contributed by atoms with Crippen LogP contribution >= 0.6 is 0 Å². The fraction of sp³-hybridized carbons (Fsp3) is 0.286. The summed E-state index contributed by atoms with van der Waals surface area (Å²) >= 11 is 0. The Morgan fingerprint density at radius 3 is 2.77 bits per heavy atom. The van der Waals surface area contributed by atoms with Crippen LogP contribution < -0.4 is 11.1 Å². The monoisotopic (exact) mass is 182 g/mol. The minimum atomic E-state index is -0.375. The molecule has 0 aliphatic carbocycles. The third-order valence-corrected chi connectivity index (χ3v) is 1.29. The molecule has 0 spiro atoms. The van der Waals surface area contributed by atoms with Gasteiger partial charge in [0.05, 0.1) is 25.2 Å². The molecule has 0 aromatic carbocycles. The lowest BCUT2D eigenvalue weighted by Crippen LogP contribution is -2.16. The van der Waals surface area contributed by atoms with Gasteiger partial charge in [0, 0.05) is 0 Å². The van der Waals surface area contributed by atoms with Crippen molar-refractivity contribution in [3.05, 3.63) is 12.4 Å². The maximum atomic E-state index is 10.7. The normalized spacial score (nSPS) is 9.31. The smallest absolute Gasteiger partial charge is 0.325 e. The van der Waals surface area contributed by atoms with E-state index in [4.69, 9.17) is 5.73 Å². The van der Waals surface area contributed by atoms with E-state index in [-0.39, 0.29) is 12.5 Å². The molecular weight excluding hydrogens is 172 g/mol. The molecule has 1 aromatic rings. The zero-order chi connectivity index (χ0) is 9.68. The number of hydrogen-bond acceptors (Lipinski definition) is 6. The van der Waals surface area contributed by atoms with Gasteiger partial charge in [-0.05, 0) is 0 Å².